The largest absolute Gasteiger partial charge is 0.573 e. The Labute approximate surface area is 190 Å². The van der Waals surface area contributed by atoms with Crippen LogP contribution in [0.25, 0.3) is 0 Å². The maximum atomic E-state index is 12.6. The lowest BCUT2D eigenvalue weighted by Crippen LogP contribution is -2.51. The molecule has 1 heterocycles. The number of nitriles is 1. The fourth-order valence-electron chi connectivity index (χ4n) is 5.22. The Morgan fingerprint density at radius 3 is 2.58 bits per heavy atom. The first kappa shape index (κ1) is 23.0. The van der Waals surface area contributed by atoms with Gasteiger partial charge in [0.15, 0.2) is 0 Å². The monoisotopic (exact) mass is 457 g/mol. The molecule has 1 saturated carbocycles. The van der Waals surface area contributed by atoms with Crippen LogP contribution in [0.1, 0.15) is 60.5 Å². The summed E-state index contributed by atoms with van der Waals surface area (Å²) in [5.74, 6) is 0.0728. The fraction of sp³-hybridized carbons (Fsp3) is 0.440. The number of benzene rings is 2. The van der Waals surface area contributed by atoms with E-state index in [1.807, 2.05) is 18.2 Å². The minimum absolute atomic E-state index is 0.133. The third-order valence-corrected chi connectivity index (χ3v) is 6.79. The van der Waals surface area contributed by atoms with Crippen LogP contribution in [0.2, 0.25) is 0 Å². The molecule has 5 nitrogen and oxygen atoms in total. The summed E-state index contributed by atoms with van der Waals surface area (Å²) in [5, 5.41) is 15.9. The third-order valence-electron chi connectivity index (χ3n) is 6.79. The molecule has 174 valence electrons. The van der Waals surface area contributed by atoms with Gasteiger partial charge >= 0.3 is 6.36 Å². The van der Waals surface area contributed by atoms with E-state index in [9.17, 15) is 23.2 Å². The number of carbonyl (C=O) groups excluding carboxylic acids is 1. The Kier molecular flexibility index (Phi) is 6.00. The van der Waals surface area contributed by atoms with Crippen molar-refractivity contribution in [1.29, 1.82) is 5.26 Å². The van der Waals surface area contributed by atoms with Gasteiger partial charge < -0.3 is 15.4 Å². The second-order valence-corrected chi connectivity index (χ2v) is 9.48. The highest BCUT2D eigenvalue weighted by molar-refractivity contribution is 5.94. The number of rotatable bonds is 5. The molecule has 0 bridgehead atoms. The van der Waals surface area contributed by atoms with E-state index in [1.165, 1.54) is 17.7 Å². The molecular weight excluding hydrogens is 431 g/mol. The molecule has 33 heavy (non-hydrogen) atoms. The van der Waals surface area contributed by atoms with E-state index >= 15 is 0 Å². The Morgan fingerprint density at radius 1 is 1.18 bits per heavy atom. The van der Waals surface area contributed by atoms with E-state index in [0.29, 0.717) is 23.9 Å². The normalized spacial score (nSPS) is 21.9. The van der Waals surface area contributed by atoms with Crippen molar-refractivity contribution in [3.8, 4) is 11.8 Å². The number of hydrogen-bond donors (Lipinski definition) is 2. The molecule has 0 unspecified atom stereocenters. The molecule has 2 aliphatic rings. The molecule has 0 radical (unpaired) electrons. The van der Waals surface area contributed by atoms with E-state index in [0.717, 1.165) is 37.1 Å². The molecule has 3 atom stereocenters. The number of carbonyl (C=O) groups is 1. The molecule has 0 spiro atoms. The molecule has 0 saturated heterocycles. The van der Waals surface area contributed by atoms with E-state index in [4.69, 9.17) is 0 Å². The van der Waals surface area contributed by atoms with Crippen molar-refractivity contribution in [2.75, 3.05) is 11.9 Å². The molecule has 1 amide bonds. The zero-order chi connectivity index (χ0) is 23.8. The molecule has 2 aromatic rings. The number of ether oxygens (including phenoxy) is 1. The molecule has 1 fully saturated rings. The number of fused-ring (bicyclic) bond motifs is 3. The van der Waals surface area contributed by atoms with Crippen molar-refractivity contribution in [2.24, 2.45) is 11.3 Å². The minimum atomic E-state index is -4.77. The van der Waals surface area contributed by atoms with Crippen molar-refractivity contribution in [2.45, 2.75) is 51.4 Å². The van der Waals surface area contributed by atoms with Gasteiger partial charge in [-0.3, -0.25) is 4.79 Å². The molecule has 8 heteroatoms. The van der Waals surface area contributed by atoms with Crippen LogP contribution in [0, 0.1) is 22.7 Å². The summed E-state index contributed by atoms with van der Waals surface area (Å²) >= 11 is 0. The SMILES string of the molecule is CC(C)(CNC(=O)c1ccc(OC(F)(F)F)cc1)[C@H]1Nc2ccc(C#N)cc2[C@H]2CCC[C@H]21. The Hall–Kier alpha value is -3.21. The van der Waals surface area contributed by atoms with Crippen LogP contribution in [0.4, 0.5) is 18.9 Å². The smallest absolute Gasteiger partial charge is 0.406 e. The van der Waals surface area contributed by atoms with Gasteiger partial charge in [-0.15, -0.1) is 13.2 Å². The first-order chi connectivity index (χ1) is 15.6. The third kappa shape index (κ3) is 4.92. The number of alkyl halides is 3. The highest BCUT2D eigenvalue weighted by Gasteiger charge is 2.46. The van der Waals surface area contributed by atoms with Crippen LogP contribution < -0.4 is 15.4 Å². The maximum absolute atomic E-state index is 12.6. The highest BCUT2D eigenvalue weighted by atomic mass is 19.4. The summed E-state index contributed by atoms with van der Waals surface area (Å²) in [4.78, 5) is 12.6. The van der Waals surface area contributed by atoms with E-state index < -0.39 is 6.36 Å². The summed E-state index contributed by atoms with van der Waals surface area (Å²) < 4.78 is 40.8. The number of anilines is 1. The topological polar surface area (TPSA) is 74.2 Å². The standard InChI is InChI=1S/C25H26F3N3O2/c1-24(2,14-30-23(32)16-7-9-17(10-8-16)33-25(26,27)28)22-19-5-3-4-18(19)20-12-15(13-29)6-11-21(20)31-22/h6-12,18-19,22,31H,3-5,14H2,1-2H3,(H,30,32)/t18-,19+,22-/m0/s1. The summed E-state index contributed by atoms with van der Waals surface area (Å²) in [6.07, 6.45) is -1.48. The fourth-order valence-corrected chi connectivity index (χ4v) is 5.22. The van der Waals surface area contributed by atoms with Crippen LogP contribution in [0.5, 0.6) is 5.75 Å². The summed E-state index contributed by atoms with van der Waals surface area (Å²) in [6, 6.07) is 13.0. The van der Waals surface area contributed by atoms with Gasteiger partial charge in [0, 0.05) is 29.3 Å². The van der Waals surface area contributed by atoms with Crippen molar-refractivity contribution < 1.29 is 22.7 Å². The minimum Gasteiger partial charge on any atom is -0.406 e. The van der Waals surface area contributed by atoms with Crippen molar-refractivity contribution in [1.82, 2.24) is 5.32 Å². The molecule has 0 aromatic heterocycles. The predicted molar refractivity (Wildman–Crippen MR) is 118 cm³/mol. The maximum Gasteiger partial charge on any atom is 0.573 e. The lowest BCUT2D eigenvalue weighted by Gasteiger charge is -2.45. The van der Waals surface area contributed by atoms with Gasteiger partial charge in [0.1, 0.15) is 5.75 Å². The van der Waals surface area contributed by atoms with Crippen LogP contribution in [-0.4, -0.2) is 24.9 Å². The Morgan fingerprint density at radius 2 is 1.91 bits per heavy atom. The number of nitrogens with one attached hydrogen (secondary N) is 2. The van der Waals surface area contributed by atoms with Gasteiger partial charge in [0.05, 0.1) is 11.6 Å². The lowest BCUT2D eigenvalue weighted by molar-refractivity contribution is -0.274. The summed E-state index contributed by atoms with van der Waals surface area (Å²) in [7, 11) is 0. The van der Waals surface area contributed by atoms with Crippen molar-refractivity contribution in [3.05, 3.63) is 59.2 Å². The molecule has 2 N–H and O–H groups in total. The molecular formula is C25H26F3N3O2. The molecule has 1 aliphatic carbocycles. The Balaban J connectivity index is 1.45. The average molecular weight is 457 g/mol. The van der Waals surface area contributed by atoms with Gasteiger partial charge in [-0.1, -0.05) is 20.3 Å². The second-order valence-electron chi connectivity index (χ2n) is 9.48. The zero-order valence-corrected chi connectivity index (χ0v) is 18.5. The van der Waals surface area contributed by atoms with Gasteiger partial charge in [0.25, 0.3) is 5.91 Å². The van der Waals surface area contributed by atoms with Crippen molar-refractivity contribution >= 4 is 11.6 Å². The van der Waals surface area contributed by atoms with Crippen LogP contribution in [0.15, 0.2) is 42.5 Å². The summed E-state index contributed by atoms with van der Waals surface area (Å²) in [6.45, 7) is 4.61. The van der Waals surface area contributed by atoms with Gasteiger partial charge in [0.2, 0.25) is 0 Å². The van der Waals surface area contributed by atoms with Crippen molar-refractivity contribution in [3.63, 3.8) is 0 Å². The van der Waals surface area contributed by atoms with E-state index in [2.05, 4.69) is 35.3 Å². The first-order valence-corrected chi connectivity index (χ1v) is 11.0. The van der Waals surface area contributed by atoms with Gasteiger partial charge in [-0.05, 0) is 72.7 Å². The quantitative estimate of drug-likeness (QED) is 0.614. The van der Waals surface area contributed by atoms with Gasteiger partial charge in [-0.25, -0.2) is 0 Å². The van der Waals surface area contributed by atoms with Crippen LogP contribution >= 0.6 is 0 Å². The zero-order valence-electron chi connectivity index (χ0n) is 18.5. The Bertz CT molecular complexity index is 1070. The van der Waals surface area contributed by atoms with E-state index in [1.54, 1.807) is 0 Å². The molecule has 4 rings (SSSR count). The van der Waals surface area contributed by atoms with Crippen LogP contribution in [0.3, 0.4) is 0 Å². The number of amides is 1. The number of halogens is 3. The van der Waals surface area contributed by atoms with Gasteiger partial charge in [-0.2, -0.15) is 5.26 Å². The first-order valence-electron chi connectivity index (χ1n) is 11.0. The van der Waals surface area contributed by atoms with E-state index in [-0.39, 0.29) is 28.7 Å². The summed E-state index contributed by atoms with van der Waals surface area (Å²) in [5.41, 5.74) is 2.90. The molecule has 2 aromatic carbocycles. The predicted octanol–water partition coefficient (Wildman–Crippen LogP) is 5.59. The lowest BCUT2D eigenvalue weighted by atomic mass is 9.69. The number of nitrogens with zero attached hydrogens (tertiary/aromatic N) is 1. The second kappa shape index (κ2) is 8.62. The highest BCUT2D eigenvalue weighted by Crippen LogP contribution is 2.51. The number of hydrogen-bond acceptors (Lipinski definition) is 4. The average Bonchev–Trinajstić information content (AvgIpc) is 3.26. The molecule has 1 aliphatic heterocycles. The van der Waals surface area contributed by atoms with Crippen LogP contribution in [-0.2, 0) is 0 Å².